The Kier molecular flexibility index (Phi) is 3.62. The number of hydrogen-bond acceptors (Lipinski definition) is 4. The first-order chi connectivity index (χ1) is 7.61. The average Bonchev–Trinajstić information content (AvgIpc) is 2.35. The molecule has 0 aromatic heterocycles. The van der Waals surface area contributed by atoms with E-state index >= 15 is 0 Å². The summed E-state index contributed by atoms with van der Waals surface area (Å²) in [5, 5.41) is 8.84. The first-order valence-corrected chi connectivity index (χ1v) is 4.47. The minimum absolute atomic E-state index is 0.322. The summed E-state index contributed by atoms with van der Waals surface area (Å²) in [5.41, 5.74) is 0.697. The van der Waals surface area contributed by atoms with E-state index in [2.05, 4.69) is 4.74 Å². The molecule has 5 heteroatoms. The van der Waals surface area contributed by atoms with Crippen LogP contribution in [0.1, 0.15) is 5.56 Å². The number of carbonyl (C=O) groups is 2. The van der Waals surface area contributed by atoms with Crippen molar-refractivity contribution < 1.29 is 14.3 Å². The quantitative estimate of drug-likeness (QED) is 0.513. The van der Waals surface area contributed by atoms with Crippen molar-refractivity contribution in [2.75, 3.05) is 19.1 Å². The van der Waals surface area contributed by atoms with E-state index < -0.39 is 11.9 Å². The summed E-state index contributed by atoms with van der Waals surface area (Å²) >= 11 is 0. The molecule has 0 fully saturated rings. The first kappa shape index (κ1) is 11.7. The fourth-order valence-electron chi connectivity index (χ4n) is 1.19. The Hall–Kier alpha value is -2.35. The highest BCUT2D eigenvalue weighted by Crippen LogP contribution is 2.18. The molecular weight excluding hydrogens is 208 g/mol. The predicted octanol–water partition coefficient (Wildman–Crippen LogP) is 0.694. The number of nitriles is 1. The number of para-hydroxylation sites is 1. The number of anilines is 1. The number of rotatable bonds is 1. The molecule has 0 aliphatic rings. The van der Waals surface area contributed by atoms with Crippen molar-refractivity contribution in [1.29, 1.82) is 5.26 Å². The zero-order chi connectivity index (χ0) is 12.1. The monoisotopic (exact) mass is 218 g/mol. The lowest BCUT2D eigenvalue weighted by atomic mass is 10.2. The number of ether oxygens (including phenoxy) is 1. The fourth-order valence-corrected chi connectivity index (χ4v) is 1.19. The van der Waals surface area contributed by atoms with Crippen LogP contribution in [0, 0.1) is 11.3 Å². The smallest absolute Gasteiger partial charge is 0.397 e. The van der Waals surface area contributed by atoms with Crippen LogP contribution in [0.2, 0.25) is 0 Å². The SMILES string of the molecule is COC(=O)C(=O)N(C)c1ccccc1C#N. The van der Waals surface area contributed by atoms with Crippen LogP contribution in [0.4, 0.5) is 5.69 Å². The van der Waals surface area contributed by atoms with Crippen molar-refractivity contribution in [3.63, 3.8) is 0 Å². The molecule has 1 rings (SSSR count). The molecule has 0 aliphatic carbocycles. The Labute approximate surface area is 92.8 Å². The first-order valence-electron chi connectivity index (χ1n) is 4.47. The Bertz CT molecular complexity index is 463. The predicted molar refractivity (Wildman–Crippen MR) is 56.6 cm³/mol. The van der Waals surface area contributed by atoms with Crippen LogP contribution in [0.15, 0.2) is 24.3 Å². The third-order valence-corrected chi connectivity index (χ3v) is 2.05. The second-order valence-corrected chi connectivity index (χ2v) is 2.98. The summed E-state index contributed by atoms with van der Waals surface area (Å²) in [6.07, 6.45) is 0. The van der Waals surface area contributed by atoms with Crippen LogP contribution in [-0.2, 0) is 14.3 Å². The van der Waals surface area contributed by atoms with Gasteiger partial charge in [0.15, 0.2) is 0 Å². The van der Waals surface area contributed by atoms with Gasteiger partial charge < -0.3 is 9.64 Å². The van der Waals surface area contributed by atoms with E-state index in [1.54, 1.807) is 24.3 Å². The molecule has 0 saturated carbocycles. The number of benzene rings is 1. The fraction of sp³-hybridized carbons (Fsp3) is 0.182. The molecule has 0 heterocycles. The van der Waals surface area contributed by atoms with Crippen molar-refractivity contribution in [3.05, 3.63) is 29.8 Å². The third kappa shape index (κ3) is 2.17. The summed E-state index contributed by atoms with van der Waals surface area (Å²) in [4.78, 5) is 23.6. The van der Waals surface area contributed by atoms with Gasteiger partial charge in [-0.1, -0.05) is 12.1 Å². The highest BCUT2D eigenvalue weighted by Gasteiger charge is 2.21. The van der Waals surface area contributed by atoms with Gasteiger partial charge in [0.05, 0.1) is 18.4 Å². The number of carbonyl (C=O) groups excluding carboxylic acids is 2. The van der Waals surface area contributed by atoms with E-state index in [0.717, 1.165) is 12.0 Å². The summed E-state index contributed by atoms with van der Waals surface area (Å²) in [6, 6.07) is 8.45. The molecule has 1 amide bonds. The molecule has 0 aliphatic heterocycles. The van der Waals surface area contributed by atoms with Gasteiger partial charge in [0.1, 0.15) is 6.07 Å². The van der Waals surface area contributed by atoms with Gasteiger partial charge in [0.2, 0.25) is 0 Å². The average molecular weight is 218 g/mol. The van der Waals surface area contributed by atoms with E-state index in [9.17, 15) is 9.59 Å². The summed E-state index contributed by atoms with van der Waals surface area (Å²) in [7, 11) is 2.54. The molecule has 16 heavy (non-hydrogen) atoms. The van der Waals surface area contributed by atoms with Crippen LogP contribution >= 0.6 is 0 Å². The highest BCUT2D eigenvalue weighted by atomic mass is 16.5. The maximum Gasteiger partial charge on any atom is 0.397 e. The van der Waals surface area contributed by atoms with Crippen LogP contribution in [0.5, 0.6) is 0 Å². The minimum Gasteiger partial charge on any atom is -0.462 e. The van der Waals surface area contributed by atoms with Crippen molar-refractivity contribution >= 4 is 17.6 Å². The van der Waals surface area contributed by atoms with E-state index in [4.69, 9.17) is 5.26 Å². The lowest BCUT2D eigenvalue weighted by Gasteiger charge is -2.16. The van der Waals surface area contributed by atoms with E-state index in [1.165, 1.54) is 7.05 Å². The molecule has 82 valence electrons. The molecule has 0 bridgehead atoms. The molecular formula is C11H10N2O3. The van der Waals surface area contributed by atoms with Crippen LogP contribution in [0.25, 0.3) is 0 Å². The Morgan fingerprint density at radius 2 is 2.00 bits per heavy atom. The summed E-state index contributed by atoms with van der Waals surface area (Å²) in [5.74, 6) is -1.78. The number of methoxy groups -OCH3 is 1. The Morgan fingerprint density at radius 3 is 2.56 bits per heavy atom. The minimum atomic E-state index is -0.963. The van der Waals surface area contributed by atoms with Crippen molar-refractivity contribution in [2.24, 2.45) is 0 Å². The normalized spacial score (nSPS) is 9.06. The van der Waals surface area contributed by atoms with E-state index in [0.29, 0.717) is 11.3 Å². The number of amides is 1. The number of nitrogens with zero attached hydrogens (tertiary/aromatic N) is 2. The molecule has 0 radical (unpaired) electrons. The van der Waals surface area contributed by atoms with Gasteiger partial charge >= 0.3 is 11.9 Å². The van der Waals surface area contributed by atoms with Crippen molar-refractivity contribution in [3.8, 4) is 6.07 Å². The molecule has 1 aromatic rings. The number of hydrogen-bond donors (Lipinski definition) is 0. The maximum atomic E-state index is 11.5. The maximum absolute atomic E-state index is 11.5. The third-order valence-electron chi connectivity index (χ3n) is 2.05. The van der Waals surface area contributed by atoms with Crippen molar-refractivity contribution in [1.82, 2.24) is 0 Å². The molecule has 0 saturated heterocycles. The van der Waals surface area contributed by atoms with E-state index in [-0.39, 0.29) is 0 Å². The zero-order valence-corrected chi connectivity index (χ0v) is 8.93. The number of likely N-dealkylation sites (N-methyl/N-ethyl adjacent to an activating group) is 1. The van der Waals surface area contributed by atoms with E-state index in [1.807, 2.05) is 6.07 Å². The summed E-state index contributed by atoms with van der Waals surface area (Å²) in [6.45, 7) is 0. The molecule has 0 spiro atoms. The van der Waals surface area contributed by atoms with Crippen LogP contribution in [-0.4, -0.2) is 26.0 Å². The molecule has 0 atom stereocenters. The topological polar surface area (TPSA) is 70.4 Å². The second kappa shape index (κ2) is 4.94. The van der Waals surface area contributed by atoms with Gasteiger partial charge in [-0.2, -0.15) is 5.26 Å². The number of esters is 1. The lowest BCUT2D eigenvalue weighted by Crippen LogP contribution is -2.34. The molecule has 0 unspecified atom stereocenters. The van der Waals surface area contributed by atoms with Gasteiger partial charge in [-0.15, -0.1) is 0 Å². The lowest BCUT2D eigenvalue weighted by molar-refractivity contribution is -0.151. The van der Waals surface area contributed by atoms with Crippen molar-refractivity contribution in [2.45, 2.75) is 0 Å². The van der Waals surface area contributed by atoms with Gasteiger partial charge in [-0.3, -0.25) is 4.79 Å². The largest absolute Gasteiger partial charge is 0.462 e. The standard InChI is InChI=1S/C11H10N2O3/c1-13(10(14)11(15)16-2)9-6-4-3-5-8(9)7-12/h3-6H,1-2H3. The van der Waals surface area contributed by atoms with Crippen LogP contribution < -0.4 is 4.90 Å². The van der Waals surface area contributed by atoms with Crippen LogP contribution in [0.3, 0.4) is 0 Å². The Morgan fingerprint density at radius 1 is 1.38 bits per heavy atom. The van der Waals surface area contributed by atoms with Gasteiger partial charge in [-0.25, -0.2) is 4.79 Å². The molecule has 0 N–H and O–H groups in total. The zero-order valence-electron chi connectivity index (χ0n) is 8.93. The second-order valence-electron chi connectivity index (χ2n) is 2.98. The van der Waals surface area contributed by atoms with Gasteiger partial charge in [0, 0.05) is 7.05 Å². The highest BCUT2D eigenvalue weighted by molar-refractivity contribution is 6.38. The van der Waals surface area contributed by atoms with Gasteiger partial charge in [0.25, 0.3) is 0 Å². The van der Waals surface area contributed by atoms with Gasteiger partial charge in [-0.05, 0) is 12.1 Å². The molecule has 5 nitrogen and oxygen atoms in total. The molecule has 1 aromatic carbocycles. The summed E-state index contributed by atoms with van der Waals surface area (Å²) < 4.78 is 4.32. The Balaban J connectivity index is 3.06.